The number of rotatable bonds is 2. The largest absolute Gasteiger partial charge is 0.494 e. The van der Waals surface area contributed by atoms with Crippen LogP contribution in [0.5, 0.6) is 5.75 Å². The van der Waals surface area contributed by atoms with Crippen molar-refractivity contribution in [2.75, 3.05) is 7.11 Å². The van der Waals surface area contributed by atoms with Crippen molar-refractivity contribution in [2.45, 2.75) is 0 Å². The molecule has 0 spiro atoms. The fourth-order valence-electron chi connectivity index (χ4n) is 3.03. The van der Waals surface area contributed by atoms with Crippen LogP contribution < -0.4 is 4.74 Å². The van der Waals surface area contributed by atoms with Gasteiger partial charge < -0.3 is 4.74 Å². The van der Waals surface area contributed by atoms with Crippen LogP contribution in [0.1, 0.15) is 0 Å². The number of hydrogen-bond acceptors (Lipinski definition) is 2. The first kappa shape index (κ1) is 14.9. The molecular weight excluding hydrogens is 325 g/mol. The lowest BCUT2D eigenvalue weighted by Crippen LogP contribution is -1.95. The standard InChI is InChI=1S/C20H13ClFNO/c1-24-16-11-10-15-18(19(16)22)17(12-6-3-2-4-7-12)13-8-5-9-14(21)20(13)23-15/h2-11H,1H3. The molecule has 0 aliphatic rings. The van der Waals surface area contributed by atoms with Crippen molar-refractivity contribution in [3.05, 3.63) is 71.5 Å². The van der Waals surface area contributed by atoms with E-state index in [-0.39, 0.29) is 5.75 Å². The highest BCUT2D eigenvalue weighted by Gasteiger charge is 2.18. The van der Waals surface area contributed by atoms with Gasteiger partial charge in [0.05, 0.1) is 23.2 Å². The van der Waals surface area contributed by atoms with E-state index < -0.39 is 5.82 Å². The molecule has 4 aromatic rings. The second-order valence-corrected chi connectivity index (χ2v) is 5.87. The number of para-hydroxylation sites is 1. The molecule has 0 saturated carbocycles. The van der Waals surface area contributed by atoms with Crippen molar-refractivity contribution in [1.82, 2.24) is 4.98 Å². The normalized spacial score (nSPS) is 11.1. The van der Waals surface area contributed by atoms with Crippen LogP contribution in [0.25, 0.3) is 32.9 Å². The third-order valence-corrected chi connectivity index (χ3v) is 4.41. The van der Waals surface area contributed by atoms with Gasteiger partial charge in [0, 0.05) is 16.3 Å². The van der Waals surface area contributed by atoms with Crippen LogP contribution in [0.15, 0.2) is 60.7 Å². The lowest BCUT2D eigenvalue weighted by atomic mass is 9.95. The molecule has 1 aromatic heterocycles. The topological polar surface area (TPSA) is 22.1 Å². The summed E-state index contributed by atoms with van der Waals surface area (Å²) in [6.45, 7) is 0. The van der Waals surface area contributed by atoms with Crippen LogP contribution in [-0.2, 0) is 0 Å². The predicted octanol–water partition coefficient (Wildman–Crippen LogP) is 5.86. The Kier molecular flexibility index (Phi) is 3.58. The first-order valence-corrected chi connectivity index (χ1v) is 7.88. The van der Waals surface area contributed by atoms with E-state index in [4.69, 9.17) is 16.3 Å². The van der Waals surface area contributed by atoms with Gasteiger partial charge in [0.1, 0.15) is 0 Å². The van der Waals surface area contributed by atoms with Gasteiger partial charge in [-0.15, -0.1) is 0 Å². The molecule has 0 aliphatic heterocycles. The summed E-state index contributed by atoms with van der Waals surface area (Å²) in [6, 6.07) is 18.6. The van der Waals surface area contributed by atoms with Crippen molar-refractivity contribution in [3.63, 3.8) is 0 Å². The van der Waals surface area contributed by atoms with E-state index in [1.807, 2.05) is 42.5 Å². The monoisotopic (exact) mass is 337 g/mol. The highest BCUT2D eigenvalue weighted by atomic mass is 35.5. The fourth-order valence-corrected chi connectivity index (χ4v) is 3.24. The van der Waals surface area contributed by atoms with E-state index >= 15 is 4.39 Å². The summed E-state index contributed by atoms with van der Waals surface area (Å²) < 4.78 is 20.2. The van der Waals surface area contributed by atoms with Crippen molar-refractivity contribution in [3.8, 4) is 16.9 Å². The van der Waals surface area contributed by atoms with Gasteiger partial charge in [-0.05, 0) is 23.8 Å². The summed E-state index contributed by atoms with van der Waals surface area (Å²) in [6.07, 6.45) is 0. The molecule has 0 N–H and O–H groups in total. The Morgan fingerprint density at radius 1 is 0.958 bits per heavy atom. The van der Waals surface area contributed by atoms with Crippen LogP contribution in [0.4, 0.5) is 4.39 Å². The first-order chi connectivity index (χ1) is 11.7. The summed E-state index contributed by atoms with van der Waals surface area (Å²) in [5.74, 6) is -0.217. The molecule has 118 valence electrons. The zero-order valence-corrected chi connectivity index (χ0v) is 13.6. The Morgan fingerprint density at radius 2 is 1.75 bits per heavy atom. The highest BCUT2D eigenvalue weighted by molar-refractivity contribution is 6.36. The molecule has 0 radical (unpaired) electrons. The third kappa shape index (κ3) is 2.21. The molecule has 4 rings (SSSR count). The molecule has 0 fully saturated rings. The molecule has 2 nitrogen and oxygen atoms in total. The van der Waals surface area contributed by atoms with E-state index in [1.54, 1.807) is 18.2 Å². The van der Waals surface area contributed by atoms with Crippen molar-refractivity contribution in [2.24, 2.45) is 0 Å². The van der Waals surface area contributed by atoms with Gasteiger partial charge >= 0.3 is 0 Å². The van der Waals surface area contributed by atoms with Crippen LogP contribution in [-0.4, -0.2) is 12.1 Å². The third-order valence-electron chi connectivity index (χ3n) is 4.11. The second-order valence-electron chi connectivity index (χ2n) is 5.46. The molecule has 0 unspecified atom stereocenters. The van der Waals surface area contributed by atoms with Gasteiger partial charge in [-0.1, -0.05) is 54.1 Å². The summed E-state index contributed by atoms with van der Waals surface area (Å²) in [4.78, 5) is 4.57. The molecule has 24 heavy (non-hydrogen) atoms. The Balaban J connectivity index is 2.27. The maximum absolute atomic E-state index is 15.0. The summed E-state index contributed by atoms with van der Waals surface area (Å²) >= 11 is 6.33. The Morgan fingerprint density at radius 3 is 2.50 bits per heavy atom. The molecule has 0 amide bonds. The number of ether oxygens (including phenoxy) is 1. The van der Waals surface area contributed by atoms with Gasteiger partial charge in [0.2, 0.25) is 0 Å². The molecule has 0 atom stereocenters. The zero-order valence-electron chi connectivity index (χ0n) is 12.9. The van der Waals surface area contributed by atoms with E-state index in [1.165, 1.54) is 7.11 Å². The smallest absolute Gasteiger partial charge is 0.175 e. The van der Waals surface area contributed by atoms with Crippen molar-refractivity contribution < 1.29 is 9.13 Å². The Labute approximate surface area is 143 Å². The van der Waals surface area contributed by atoms with Crippen molar-refractivity contribution in [1.29, 1.82) is 0 Å². The average molecular weight is 338 g/mol. The Hall–Kier alpha value is -2.65. The lowest BCUT2D eigenvalue weighted by molar-refractivity contribution is 0.389. The maximum atomic E-state index is 15.0. The number of hydrogen-bond donors (Lipinski definition) is 0. The highest BCUT2D eigenvalue weighted by Crippen LogP contribution is 2.40. The van der Waals surface area contributed by atoms with Gasteiger partial charge in [-0.3, -0.25) is 0 Å². The molecule has 1 heterocycles. The molecule has 4 heteroatoms. The van der Waals surface area contributed by atoms with E-state index in [0.29, 0.717) is 21.4 Å². The second kappa shape index (κ2) is 5.77. The number of pyridine rings is 1. The van der Waals surface area contributed by atoms with E-state index in [2.05, 4.69) is 4.98 Å². The van der Waals surface area contributed by atoms with E-state index in [9.17, 15) is 0 Å². The minimum Gasteiger partial charge on any atom is -0.494 e. The summed E-state index contributed by atoms with van der Waals surface area (Å²) in [5.41, 5.74) is 2.89. The predicted molar refractivity (Wildman–Crippen MR) is 96.2 cm³/mol. The van der Waals surface area contributed by atoms with Gasteiger partial charge in [-0.2, -0.15) is 0 Å². The SMILES string of the molecule is COc1ccc2nc3c(Cl)cccc3c(-c3ccccc3)c2c1F. The van der Waals surface area contributed by atoms with Crippen LogP contribution in [0.3, 0.4) is 0 Å². The number of aromatic nitrogens is 1. The maximum Gasteiger partial charge on any atom is 0.175 e. The Bertz CT molecular complexity index is 1060. The van der Waals surface area contributed by atoms with Crippen LogP contribution in [0, 0.1) is 5.82 Å². The minimum absolute atomic E-state index is 0.197. The van der Waals surface area contributed by atoms with Crippen LogP contribution >= 0.6 is 11.6 Å². The number of fused-ring (bicyclic) bond motifs is 2. The first-order valence-electron chi connectivity index (χ1n) is 7.50. The molecule has 0 bridgehead atoms. The quantitative estimate of drug-likeness (QED) is 0.428. The van der Waals surface area contributed by atoms with E-state index in [0.717, 1.165) is 16.5 Å². The summed E-state index contributed by atoms with van der Waals surface area (Å²) in [5, 5.41) is 1.80. The zero-order chi connectivity index (χ0) is 16.7. The van der Waals surface area contributed by atoms with Gasteiger partial charge in [0.25, 0.3) is 0 Å². The lowest BCUT2D eigenvalue weighted by Gasteiger charge is -2.14. The summed E-state index contributed by atoms with van der Waals surface area (Å²) in [7, 11) is 1.46. The molecule has 0 saturated heterocycles. The fraction of sp³-hybridized carbons (Fsp3) is 0.0500. The van der Waals surface area contributed by atoms with Crippen LogP contribution in [0.2, 0.25) is 5.02 Å². The minimum atomic E-state index is -0.414. The average Bonchev–Trinajstić information content (AvgIpc) is 2.62. The van der Waals surface area contributed by atoms with Gasteiger partial charge in [0.15, 0.2) is 11.6 Å². The molecule has 0 aliphatic carbocycles. The number of nitrogens with zero attached hydrogens (tertiary/aromatic N) is 1. The number of benzene rings is 3. The molecular formula is C20H13ClFNO. The number of methoxy groups -OCH3 is 1. The number of halogens is 2. The van der Waals surface area contributed by atoms with Gasteiger partial charge in [-0.25, -0.2) is 9.37 Å². The van der Waals surface area contributed by atoms with Crippen molar-refractivity contribution >= 4 is 33.4 Å². The molecule has 3 aromatic carbocycles.